The van der Waals surface area contributed by atoms with Crippen molar-refractivity contribution in [3.63, 3.8) is 0 Å². The van der Waals surface area contributed by atoms with Gasteiger partial charge in [-0.2, -0.15) is 0 Å². The molecule has 0 bridgehead atoms. The minimum absolute atomic E-state index is 0.0117. The molecule has 1 N–H and O–H groups in total. The number of hydrogen-bond acceptors (Lipinski definition) is 2. The molecule has 1 aromatic rings. The SMILES string of the molecule is CCCC(=O)N1CCC(C(=O)NCC2(c3ccc(F)cc3)CCCC2)CC1. The third-order valence-electron chi connectivity index (χ3n) is 6.30. The topological polar surface area (TPSA) is 49.4 Å². The smallest absolute Gasteiger partial charge is 0.223 e. The molecular weight excluding hydrogens is 343 g/mol. The molecule has 27 heavy (non-hydrogen) atoms. The zero-order valence-electron chi connectivity index (χ0n) is 16.3. The number of amides is 2. The minimum Gasteiger partial charge on any atom is -0.355 e. The lowest BCUT2D eigenvalue weighted by Gasteiger charge is -2.33. The summed E-state index contributed by atoms with van der Waals surface area (Å²) in [7, 11) is 0. The van der Waals surface area contributed by atoms with Gasteiger partial charge in [0.1, 0.15) is 5.82 Å². The average molecular weight is 375 g/mol. The number of halogens is 1. The molecule has 0 atom stereocenters. The summed E-state index contributed by atoms with van der Waals surface area (Å²) in [6.45, 7) is 3.99. The summed E-state index contributed by atoms with van der Waals surface area (Å²) >= 11 is 0. The van der Waals surface area contributed by atoms with Gasteiger partial charge in [0.15, 0.2) is 0 Å². The predicted octanol–water partition coefficient (Wildman–Crippen LogP) is 3.79. The summed E-state index contributed by atoms with van der Waals surface area (Å²) in [6, 6.07) is 6.76. The van der Waals surface area contributed by atoms with Crippen molar-refractivity contribution in [2.24, 2.45) is 5.92 Å². The molecule has 1 heterocycles. The van der Waals surface area contributed by atoms with E-state index in [4.69, 9.17) is 0 Å². The number of nitrogens with zero attached hydrogens (tertiary/aromatic N) is 1. The molecule has 5 heteroatoms. The van der Waals surface area contributed by atoms with Crippen molar-refractivity contribution in [1.82, 2.24) is 10.2 Å². The molecule has 1 aromatic carbocycles. The second kappa shape index (κ2) is 8.85. The van der Waals surface area contributed by atoms with Gasteiger partial charge in [-0.1, -0.05) is 31.9 Å². The fourth-order valence-corrected chi connectivity index (χ4v) is 4.59. The van der Waals surface area contributed by atoms with E-state index in [0.29, 0.717) is 26.1 Å². The van der Waals surface area contributed by atoms with Gasteiger partial charge in [-0.3, -0.25) is 9.59 Å². The molecule has 1 saturated heterocycles. The van der Waals surface area contributed by atoms with Gasteiger partial charge in [-0.05, 0) is 49.8 Å². The van der Waals surface area contributed by atoms with Gasteiger partial charge in [0, 0.05) is 37.4 Å². The van der Waals surface area contributed by atoms with Crippen LogP contribution in [0.25, 0.3) is 0 Å². The van der Waals surface area contributed by atoms with E-state index in [9.17, 15) is 14.0 Å². The van der Waals surface area contributed by atoms with E-state index in [1.54, 1.807) is 0 Å². The predicted molar refractivity (Wildman–Crippen MR) is 104 cm³/mol. The van der Waals surface area contributed by atoms with E-state index in [2.05, 4.69) is 5.32 Å². The largest absolute Gasteiger partial charge is 0.355 e. The van der Waals surface area contributed by atoms with Crippen LogP contribution in [-0.2, 0) is 15.0 Å². The molecule has 4 nitrogen and oxygen atoms in total. The minimum atomic E-state index is -0.222. The Morgan fingerprint density at radius 3 is 2.37 bits per heavy atom. The van der Waals surface area contributed by atoms with Crippen LogP contribution in [0.3, 0.4) is 0 Å². The zero-order chi connectivity index (χ0) is 19.3. The highest BCUT2D eigenvalue weighted by Crippen LogP contribution is 2.40. The summed E-state index contributed by atoms with van der Waals surface area (Å²) in [5.41, 5.74) is 1.06. The summed E-state index contributed by atoms with van der Waals surface area (Å²) in [6.07, 6.45) is 7.29. The van der Waals surface area contributed by atoms with Crippen LogP contribution in [0.1, 0.15) is 63.9 Å². The first-order chi connectivity index (χ1) is 13.0. The first-order valence-corrected chi connectivity index (χ1v) is 10.4. The second-order valence-electron chi connectivity index (χ2n) is 8.12. The van der Waals surface area contributed by atoms with E-state index < -0.39 is 0 Å². The van der Waals surface area contributed by atoms with Crippen LogP contribution < -0.4 is 5.32 Å². The number of benzene rings is 1. The number of rotatable bonds is 6. The second-order valence-corrected chi connectivity index (χ2v) is 8.12. The van der Waals surface area contributed by atoms with E-state index in [1.807, 2.05) is 24.0 Å². The highest BCUT2D eigenvalue weighted by Gasteiger charge is 2.37. The van der Waals surface area contributed by atoms with Gasteiger partial charge in [0.2, 0.25) is 11.8 Å². The Morgan fingerprint density at radius 2 is 1.78 bits per heavy atom. The van der Waals surface area contributed by atoms with Crippen molar-refractivity contribution < 1.29 is 14.0 Å². The van der Waals surface area contributed by atoms with E-state index in [0.717, 1.165) is 50.5 Å². The standard InChI is InChI=1S/C22H31FN2O2/c1-2-5-20(26)25-14-10-17(11-15-25)21(27)24-16-22(12-3-4-13-22)18-6-8-19(23)9-7-18/h6-9,17H,2-5,10-16H2,1H3,(H,24,27). The molecule has 2 amide bonds. The van der Waals surface area contributed by atoms with Crippen molar-refractivity contribution in [3.05, 3.63) is 35.6 Å². The van der Waals surface area contributed by atoms with Crippen molar-refractivity contribution in [2.75, 3.05) is 19.6 Å². The number of nitrogens with one attached hydrogen (secondary N) is 1. The molecule has 1 saturated carbocycles. The Labute approximate surface area is 161 Å². The lowest BCUT2D eigenvalue weighted by Crippen LogP contribution is -2.45. The Hall–Kier alpha value is -1.91. The molecule has 0 aromatic heterocycles. The first kappa shape index (κ1) is 19.8. The third-order valence-corrected chi connectivity index (χ3v) is 6.30. The molecule has 0 radical (unpaired) electrons. The van der Waals surface area contributed by atoms with Crippen LogP contribution in [-0.4, -0.2) is 36.3 Å². The lowest BCUT2D eigenvalue weighted by molar-refractivity contribution is -0.135. The number of hydrogen-bond donors (Lipinski definition) is 1. The van der Waals surface area contributed by atoms with Gasteiger partial charge < -0.3 is 10.2 Å². The lowest BCUT2D eigenvalue weighted by atomic mass is 9.78. The Morgan fingerprint density at radius 1 is 1.15 bits per heavy atom. The third kappa shape index (κ3) is 4.69. The molecule has 0 unspecified atom stereocenters. The van der Waals surface area contributed by atoms with Crippen molar-refractivity contribution in [1.29, 1.82) is 0 Å². The summed E-state index contributed by atoms with van der Waals surface area (Å²) in [5.74, 6) is 0.0752. The number of likely N-dealkylation sites (tertiary alicyclic amines) is 1. The van der Waals surface area contributed by atoms with Crippen molar-refractivity contribution in [3.8, 4) is 0 Å². The van der Waals surface area contributed by atoms with Crippen LogP contribution in [0.15, 0.2) is 24.3 Å². The monoisotopic (exact) mass is 374 g/mol. The summed E-state index contributed by atoms with van der Waals surface area (Å²) < 4.78 is 13.3. The van der Waals surface area contributed by atoms with Crippen LogP contribution in [0, 0.1) is 11.7 Å². The molecule has 148 valence electrons. The molecule has 1 aliphatic heterocycles. The van der Waals surface area contributed by atoms with Crippen LogP contribution in [0.2, 0.25) is 0 Å². The Kier molecular flexibility index (Phi) is 6.51. The number of carbonyl (C=O) groups is 2. The molecule has 2 fully saturated rings. The summed E-state index contributed by atoms with van der Waals surface area (Å²) in [5, 5.41) is 3.18. The Bertz CT molecular complexity index is 645. The molecule has 0 spiro atoms. The Balaban J connectivity index is 1.55. The normalized spacial score (nSPS) is 19.9. The van der Waals surface area contributed by atoms with Crippen molar-refractivity contribution >= 4 is 11.8 Å². The highest BCUT2D eigenvalue weighted by atomic mass is 19.1. The van der Waals surface area contributed by atoms with Gasteiger partial charge in [-0.25, -0.2) is 4.39 Å². The molecule has 3 rings (SSSR count). The fraction of sp³-hybridized carbons (Fsp3) is 0.636. The quantitative estimate of drug-likeness (QED) is 0.823. The van der Waals surface area contributed by atoms with Gasteiger partial charge in [0.25, 0.3) is 0 Å². The maximum atomic E-state index is 13.3. The zero-order valence-corrected chi connectivity index (χ0v) is 16.3. The first-order valence-electron chi connectivity index (χ1n) is 10.4. The van der Waals surface area contributed by atoms with Gasteiger partial charge in [0.05, 0.1) is 0 Å². The van der Waals surface area contributed by atoms with Crippen LogP contribution in [0.5, 0.6) is 0 Å². The number of carbonyl (C=O) groups excluding carboxylic acids is 2. The maximum absolute atomic E-state index is 13.3. The summed E-state index contributed by atoms with van der Waals surface area (Å²) in [4.78, 5) is 26.6. The maximum Gasteiger partial charge on any atom is 0.223 e. The van der Waals surface area contributed by atoms with Crippen molar-refractivity contribution in [2.45, 2.75) is 63.7 Å². The molecule has 2 aliphatic rings. The molecule has 1 aliphatic carbocycles. The van der Waals surface area contributed by atoms with Crippen LogP contribution in [0.4, 0.5) is 4.39 Å². The van der Waals surface area contributed by atoms with E-state index in [-0.39, 0.29) is 29.0 Å². The average Bonchev–Trinajstić information content (AvgIpc) is 3.17. The van der Waals surface area contributed by atoms with Gasteiger partial charge in [-0.15, -0.1) is 0 Å². The van der Waals surface area contributed by atoms with E-state index in [1.165, 1.54) is 12.1 Å². The number of piperidine rings is 1. The van der Waals surface area contributed by atoms with Crippen LogP contribution >= 0.6 is 0 Å². The van der Waals surface area contributed by atoms with Gasteiger partial charge >= 0.3 is 0 Å². The van der Waals surface area contributed by atoms with E-state index >= 15 is 0 Å². The highest BCUT2D eigenvalue weighted by molar-refractivity contribution is 5.80. The fourth-order valence-electron chi connectivity index (χ4n) is 4.59. The molecular formula is C22H31FN2O2.